The summed E-state index contributed by atoms with van der Waals surface area (Å²) in [7, 11) is 2.14. The third-order valence-electron chi connectivity index (χ3n) is 4.35. The van der Waals surface area contributed by atoms with Crippen LogP contribution in [0.5, 0.6) is 0 Å². The Morgan fingerprint density at radius 1 is 1.33 bits per heavy atom. The summed E-state index contributed by atoms with van der Waals surface area (Å²) in [5.41, 5.74) is 2.62. The molecule has 0 spiro atoms. The number of benzene rings is 1. The maximum absolute atomic E-state index is 5.80. The number of rotatable bonds is 6. The molecule has 1 heterocycles. The quantitative estimate of drug-likeness (QED) is 0.618. The SMILES string of the molecule is CCNC(=NCC(C)c1ccc(C)cc1)NCC1CN(C)CCO1. The van der Waals surface area contributed by atoms with E-state index in [4.69, 9.17) is 9.73 Å². The van der Waals surface area contributed by atoms with E-state index in [0.717, 1.165) is 45.3 Å². The summed E-state index contributed by atoms with van der Waals surface area (Å²) in [5.74, 6) is 1.27. The summed E-state index contributed by atoms with van der Waals surface area (Å²) < 4.78 is 5.80. The molecule has 0 aliphatic carbocycles. The van der Waals surface area contributed by atoms with E-state index in [1.165, 1.54) is 11.1 Å². The molecule has 5 heteroatoms. The first-order valence-corrected chi connectivity index (χ1v) is 8.97. The maximum atomic E-state index is 5.80. The van der Waals surface area contributed by atoms with E-state index in [1.807, 2.05) is 0 Å². The minimum absolute atomic E-state index is 0.224. The number of guanidine groups is 1. The number of likely N-dealkylation sites (N-methyl/N-ethyl adjacent to an activating group) is 1. The van der Waals surface area contributed by atoms with Crippen LogP contribution in [0.2, 0.25) is 0 Å². The fourth-order valence-electron chi connectivity index (χ4n) is 2.77. The number of aryl methyl sites for hydroxylation is 1. The Morgan fingerprint density at radius 3 is 2.75 bits per heavy atom. The lowest BCUT2D eigenvalue weighted by molar-refractivity contribution is -0.0161. The second-order valence-electron chi connectivity index (χ2n) is 6.67. The van der Waals surface area contributed by atoms with Crippen molar-refractivity contribution in [1.29, 1.82) is 0 Å². The monoisotopic (exact) mass is 332 g/mol. The molecular formula is C19H32N4O. The summed E-state index contributed by atoms with van der Waals surface area (Å²) in [6.07, 6.45) is 0.224. The number of nitrogens with one attached hydrogen (secondary N) is 2. The zero-order valence-electron chi connectivity index (χ0n) is 15.5. The van der Waals surface area contributed by atoms with Crippen molar-refractivity contribution < 1.29 is 4.74 Å². The Kier molecular flexibility index (Phi) is 7.53. The van der Waals surface area contributed by atoms with Crippen molar-refractivity contribution in [2.24, 2.45) is 4.99 Å². The third kappa shape index (κ3) is 6.13. The van der Waals surface area contributed by atoms with Crippen LogP contribution in [0.3, 0.4) is 0 Å². The van der Waals surface area contributed by atoms with Gasteiger partial charge in [-0.3, -0.25) is 4.99 Å². The van der Waals surface area contributed by atoms with E-state index in [0.29, 0.717) is 5.92 Å². The van der Waals surface area contributed by atoms with Crippen LogP contribution in [0.1, 0.15) is 30.9 Å². The van der Waals surface area contributed by atoms with Gasteiger partial charge in [0.15, 0.2) is 5.96 Å². The van der Waals surface area contributed by atoms with Gasteiger partial charge in [0.2, 0.25) is 0 Å². The second kappa shape index (κ2) is 9.64. The fraction of sp³-hybridized carbons (Fsp3) is 0.632. The van der Waals surface area contributed by atoms with Gasteiger partial charge in [0, 0.05) is 38.6 Å². The average Bonchev–Trinajstić information content (AvgIpc) is 2.58. The largest absolute Gasteiger partial charge is 0.374 e. The fourth-order valence-corrected chi connectivity index (χ4v) is 2.77. The lowest BCUT2D eigenvalue weighted by Gasteiger charge is -2.30. The van der Waals surface area contributed by atoms with Crippen LogP contribution in [-0.2, 0) is 4.74 Å². The molecule has 0 aromatic heterocycles. The molecule has 0 radical (unpaired) electrons. The van der Waals surface area contributed by atoms with Crippen molar-refractivity contribution in [3.05, 3.63) is 35.4 Å². The van der Waals surface area contributed by atoms with Crippen LogP contribution in [0, 0.1) is 6.92 Å². The van der Waals surface area contributed by atoms with Crippen LogP contribution in [0.25, 0.3) is 0 Å². The lowest BCUT2D eigenvalue weighted by Crippen LogP contribution is -2.48. The van der Waals surface area contributed by atoms with Crippen molar-refractivity contribution in [2.75, 3.05) is 46.4 Å². The van der Waals surface area contributed by atoms with Crippen LogP contribution < -0.4 is 10.6 Å². The van der Waals surface area contributed by atoms with Gasteiger partial charge in [0.25, 0.3) is 0 Å². The smallest absolute Gasteiger partial charge is 0.191 e. The number of aliphatic imine (C=N–C) groups is 1. The molecule has 2 N–H and O–H groups in total. The summed E-state index contributed by atoms with van der Waals surface area (Å²) in [5, 5.41) is 6.73. The highest BCUT2D eigenvalue weighted by Crippen LogP contribution is 2.15. The minimum Gasteiger partial charge on any atom is -0.374 e. The van der Waals surface area contributed by atoms with Crippen molar-refractivity contribution in [2.45, 2.75) is 32.8 Å². The molecule has 1 fully saturated rings. The molecule has 1 aliphatic rings. The Balaban J connectivity index is 1.86. The maximum Gasteiger partial charge on any atom is 0.191 e. The first-order chi connectivity index (χ1) is 11.6. The average molecular weight is 332 g/mol. The molecule has 24 heavy (non-hydrogen) atoms. The number of ether oxygens (including phenoxy) is 1. The lowest BCUT2D eigenvalue weighted by atomic mass is 10.0. The highest BCUT2D eigenvalue weighted by molar-refractivity contribution is 5.79. The molecule has 134 valence electrons. The van der Waals surface area contributed by atoms with Gasteiger partial charge >= 0.3 is 0 Å². The summed E-state index contributed by atoms with van der Waals surface area (Å²) >= 11 is 0. The topological polar surface area (TPSA) is 48.9 Å². The van der Waals surface area contributed by atoms with E-state index < -0.39 is 0 Å². The van der Waals surface area contributed by atoms with Gasteiger partial charge in [0.1, 0.15) is 0 Å². The Labute approximate surface area is 146 Å². The normalized spacial score (nSPS) is 20.7. The molecule has 1 aliphatic heterocycles. The number of nitrogens with zero attached hydrogens (tertiary/aromatic N) is 2. The van der Waals surface area contributed by atoms with Crippen LogP contribution in [0.15, 0.2) is 29.3 Å². The van der Waals surface area contributed by atoms with Gasteiger partial charge in [-0.25, -0.2) is 0 Å². The van der Waals surface area contributed by atoms with Gasteiger partial charge in [-0.2, -0.15) is 0 Å². The predicted molar refractivity (Wildman–Crippen MR) is 101 cm³/mol. The predicted octanol–water partition coefficient (Wildman–Crippen LogP) is 1.98. The van der Waals surface area contributed by atoms with E-state index >= 15 is 0 Å². The number of hydrogen-bond donors (Lipinski definition) is 2. The molecule has 5 nitrogen and oxygen atoms in total. The molecule has 1 aromatic carbocycles. The van der Waals surface area contributed by atoms with Gasteiger partial charge in [-0.05, 0) is 26.5 Å². The highest BCUT2D eigenvalue weighted by atomic mass is 16.5. The molecule has 2 unspecified atom stereocenters. The first-order valence-electron chi connectivity index (χ1n) is 8.97. The van der Waals surface area contributed by atoms with E-state index in [-0.39, 0.29) is 6.10 Å². The van der Waals surface area contributed by atoms with Crippen molar-refractivity contribution in [3.8, 4) is 0 Å². The Bertz CT molecular complexity index is 515. The number of morpholine rings is 1. The molecule has 2 atom stereocenters. The highest BCUT2D eigenvalue weighted by Gasteiger charge is 2.17. The van der Waals surface area contributed by atoms with E-state index in [9.17, 15) is 0 Å². The zero-order valence-corrected chi connectivity index (χ0v) is 15.5. The molecular weight excluding hydrogens is 300 g/mol. The standard InChI is InChI=1S/C19H32N4O/c1-5-20-19(22-13-18-14-23(4)10-11-24-18)21-12-16(3)17-8-6-15(2)7-9-17/h6-9,16,18H,5,10-14H2,1-4H3,(H2,20,21,22). The van der Waals surface area contributed by atoms with Crippen molar-refractivity contribution in [3.63, 3.8) is 0 Å². The van der Waals surface area contributed by atoms with Gasteiger partial charge in [-0.1, -0.05) is 36.8 Å². The molecule has 2 rings (SSSR count). The first kappa shape index (κ1) is 18.7. The van der Waals surface area contributed by atoms with Crippen LogP contribution >= 0.6 is 0 Å². The van der Waals surface area contributed by atoms with E-state index in [2.05, 4.69) is 67.6 Å². The van der Waals surface area contributed by atoms with Gasteiger partial charge < -0.3 is 20.3 Å². The summed E-state index contributed by atoms with van der Waals surface area (Å²) in [6.45, 7) is 11.6. The van der Waals surface area contributed by atoms with Gasteiger partial charge in [0.05, 0.1) is 12.7 Å². The third-order valence-corrected chi connectivity index (χ3v) is 4.35. The summed E-state index contributed by atoms with van der Waals surface area (Å²) in [6, 6.07) is 8.72. The molecule has 0 amide bonds. The van der Waals surface area contributed by atoms with Crippen LogP contribution in [0.4, 0.5) is 0 Å². The minimum atomic E-state index is 0.224. The second-order valence-corrected chi connectivity index (χ2v) is 6.67. The van der Waals surface area contributed by atoms with E-state index in [1.54, 1.807) is 0 Å². The van der Waals surface area contributed by atoms with Gasteiger partial charge in [-0.15, -0.1) is 0 Å². The van der Waals surface area contributed by atoms with Crippen molar-refractivity contribution in [1.82, 2.24) is 15.5 Å². The Morgan fingerprint density at radius 2 is 2.08 bits per heavy atom. The Hall–Kier alpha value is -1.59. The van der Waals surface area contributed by atoms with Crippen LogP contribution in [-0.4, -0.2) is 63.3 Å². The summed E-state index contributed by atoms with van der Waals surface area (Å²) in [4.78, 5) is 7.05. The molecule has 0 saturated carbocycles. The molecule has 1 aromatic rings. The number of hydrogen-bond acceptors (Lipinski definition) is 3. The van der Waals surface area contributed by atoms with Crippen molar-refractivity contribution >= 4 is 5.96 Å². The molecule has 1 saturated heterocycles. The zero-order chi connectivity index (χ0) is 17.4. The molecule has 0 bridgehead atoms.